The SMILES string of the molecule is COCCCNC(=O)c1cccc(NC(=S)NC(=O)c2cccc(Cl)c2)c1. The van der Waals surface area contributed by atoms with Crippen LogP contribution in [-0.2, 0) is 4.74 Å². The molecule has 0 aromatic heterocycles. The number of thiocarbonyl (C=S) groups is 1. The molecule has 0 heterocycles. The number of rotatable bonds is 7. The molecule has 2 aromatic carbocycles. The van der Waals surface area contributed by atoms with Crippen molar-refractivity contribution in [2.24, 2.45) is 0 Å². The van der Waals surface area contributed by atoms with Crippen molar-refractivity contribution < 1.29 is 14.3 Å². The van der Waals surface area contributed by atoms with Gasteiger partial charge in [0.1, 0.15) is 0 Å². The maximum absolute atomic E-state index is 12.2. The fourth-order valence-electron chi connectivity index (χ4n) is 2.23. The molecule has 0 saturated heterocycles. The van der Waals surface area contributed by atoms with Crippen molar-refractivity contribution in [1.29, 1.82) is 0 Å². The zero-order valence-electron chi connectivity index (χ0n) is 14.8. The van der Waals surface area contributed by atoms with Gasteiger partial charge in [0.05, 0.1) is 0 Å². The molecule has 0 bridgehead atoms. The summed E-state index contributed by atoms with van der Waals surface area (Å²) in [6.07, 6.45) is 0.736. The van der Waals surface area contributed by atoms with Gasteiger partial charge in [-0.05, 0) is 55.0 Å². The Morgan fingerprint density at radius 3 is 2.48 bits per heavy atom. The number of methoxy groups -OCH3 is 1. The average molecular weight is 406 g/mol. The van der Waals surface area contributed by atoms with Gasteiger partial charge in [-0.2, -0.15) is 0 Å². The van der Waals surface area contributed by atoms with Crippen LogP contribution in [0.3, 0.4) is 0 Å². The molecule has 27 heavy (non-hydrogen) atoms. The van der Waals surface area contributed by atoms with Crippen LogP contribution in [0.2, 0.25) is 5.02 Å². The van der Waals surface area contributed by atoms with Crippen LogP contribution in [0.25, 0.3) is 0 Å². The number of ether oxygens (including phenoxy) is 1. The molecule has 2 rings (SSSR count). The lowest BCUT2D eigenvalue weighted by atomic mass is 10.2. The highest BCUT2D eigenvalue weighted by Crippen LogP contribution is 2.12. The van der Waals surface area contributed by atoms with E-state index in [1.165, 1.54) is 0 Å². The van der Waals surface area contributed by atoms with Gasteiger partial charge in [0.25, 0.3) is 11.8 Å². The first kappa shape index (κ1) is 20.8. The van der Waals surface area contributed by atoms with E-state index in [9.17, 15) is 9.59 Å². The third-order valence-electron chi connectivity index (χ3n) is 3.51. The van der Waals surface area contributed by atoms with Gasteiger partial charge in [-0.15, -0.1) is 0 Å². The number of nitrogens with one attached hydrogen (secondary N) is 3. The largest absolute Gasteiger partial charge is 0.385 e. The van der Waals surface area contributed by atoms with Crippen molar-refractivity contribution in [2.45, 2.75) is 6.42 Å². The Bertz CT molecular complexity index is 829. The van der Waals surface area contributed by atoms with E-state index in [1.54, 1.807) is 55.6 Å². The van der Waals surface area contributed by atoms with E-state index < -0.39 is 0 Å². The zero-order chi connectivity index (χ0) is 19.6. The minimum Gasteiger partial charge on any atom is -0.385 e. The number of carbonyl (C=O) groups is 2. The summed E-state index contributed by atoms with van der Waals surface area (Å²) in [7, 11) is 1.62. The summed E-state index contributed by atoms with van der Waals surface area (Å²) < 4.78 is 4.94. The third kappa shape index (κ3) is 6.97. The van der Waals surface area contributed by atoms with Gasteiger partial charge in [-0.3, -0.25) is 14.9 Å². The van der Waals surface area contributed by atoms with Crippen LogP contribution < -0.4 is 16.0 Å². The van der Waals surface area contributed by atoms with E-state index in [0.29, 0.717) is 35.0 Å². The molecule has 0 aliphatic carbocycles. The number of anilines is 1. The Kier molecular flexibility index (Phi) is 8.19. The molecule has 0 atom stereocenters. The molecule has 3 N–H and O–H groups in total. The van der Waals surface area contributed by atoms with Crippen molar-refractivity contribution in [3.05, 3.63) is 64.7 Å². The van der Waals surface area contributed by atoms with Gasteiger partial charge in [-0.25, -0.2) is 0 Å². The van der Waals surface area contributed by atoms with Gasteiger partial charge in [-0.1, -0.05) is 23.7 Å². The summed E-state index contributed by atoms with van der Waals surface area (Å²) in [5, 5.41) is 8.87. The molecule has 0 aliphatic heterocycles. The molecule has 0 saturated carbocycles. The van der Waals surface area contributed by atoms with Crippen LogP contribution >= 0.6 is 23.8 Å². The van der Waals surface area contributed by atoms with Crippen molar-refractivity contribution in [3.8, 4) is 0 Å². The molecule has 2 amide bonds. The molecule has 0 spiro atoms. The minimum atomic E-state index is -0.373. The van der Waals surface area contributed by atoms with E-state index in [0.717, 1.165) is 6.42 Å². The zero-order valence-corrected chi connectivity index (χ0v) is 16.3. The summed E-state index contributed by atoms with van der Waals surface area (Å²) in [5.74, 6) is -0.564. The fourth-order valence-corrected chi connectivity index (χ4v) is 2.63. The highest BCUT2D eigenvalue weighted by molar-refractivity contribution is 7.80. The topological polar surface area (TPSA) is 79.5 Å². The van der Waals surface area contributed by atoms with E-state index in [2.05, 4.69) is 16.0 Å². The van der Waals surface area contributed by atoms with E-state index in [1.807, 2.05) is 0 Å². The Hall–Kier alpha value is -2.48. The molecule has 8 heteroatoms. The minimum absolute atomic E-state index is 0.123. The second kappa shape index (κ2) is 10.6. The Labute approximate surface area is 168 Å². The predicted molar refractivity (Wildman–Crippen MR) is 110 cm³/mol. The molecule has 0 radical (unpaired) electrons. The van der Waals surface area contributed by atoms with E-state index in [4.69, 9.17) is 28.6 Å². The maximum atomic E-state index is 12.2. The molecule has 2 aromatic rings. The molecule has 6 nitrogen and oxygen atoms in total. The van der Waals surface area contributed by atoms with Crippen LogP contribution in [0.15, 0.2) is 48.5 Å². The van der Waals surface area contributed by atoms with E-state index >= 15 is 0 Å². The number of hydrogen-bond donors (Lipinski definition) is 3. The lowest BCUT2D eigenvalue weighted by Gasteiger charge is -2.11. The van der Waals surface area contributed by atoms with Crippen LogP contribution in [0, 0.1) is 0 Å². The van der Waals surface area contributed by atoms with Gasteiger partial charge in [0, 0.05) is 42.1 Å². The second-order valence-corrected chi connectivity index (χ2v) is 6.45. The van der Waals surface area contributed by atoms with Gasteiger partial charge in [0.2, 0.25) is 0 Å². The first-order valence-electron chi connectivity index (χ1n) is 8.24. The summed E-state index contributed by atoms with van der Waals surface area (Å²) in [5.41, 5.74) is 1.48. The number of carbonyl (C=O) groups excluding carboxylic acids is 2. The monoisotopic (exact) mass is 405 g/mol. The maximum Gasteiger partial charge on any atom is 0.257 e. The first-order valence-corrected chi connectivity index (χ1v) is 9.03. The highest BCUT2D eigenvalue weighted by Gasteiger charge is 2.10. The molecule has 0 unspecified atom stereocenters. The molecule has 0 aliphatic rings. The van der Waals surface area contributed by atoms with Gasteiger partial charge >= 0.3 is 0 Å². The van der Waals surface area contributed by atoms with E-state index in [-0.39, 0.29) is 16.9 Å². The first-order chi connectivity index (χ1) is 13.0. The summed E-state index contributed by atoms with van der Waals surface area (Å²) in [4.78, 5) is 24.3. The standard InChI is InChI=1S/C19H20ClN3O3S/c1-26-10-4-9-21-17(24)14-6-3-8-16(12-14)22-19(27)23-18(25)13-5-2-7-15(20)11-13/h2-3,5-8,11-12H,4,9-10H2,1H3,(H,21,24)(H2,22,23,25,27). The van der Waals surface area contributed by atoms with Crippen LogP contribution in [0.5, 0.6) is 0 Å². The lowest BCUT2D eigenvalue weighted by molar-refractivity contribution is 0.0946. The van der Waals surface area contributed by atoms with Crippen molar-refractivity contribution in [2.75, 3.05) is 25.6 Å². The average Bonchev–Trinajstić information content (AvgIpc) is 2.65. The lowest BCUT2D eigenvalue weighted by Crippen LogP contribution is -2.34. The van der Waals surface area contributed by atoms with Crippen molar-refractivity contribution >= 4 is 46.4 Å². The number of hydrogen-bond acceptors (Lipinski definition) is 4. The number of amides is 2. The third-order valence-corrected chi connectivity index (χ3v) is 3.95. The molecule has 142 valence electrons. The Morgan fingerprint density at radius 2 is 1.78 bits per heavy atom. The second-order valence-electron chi connectivity index (χ2n) is 5.60. The predicted octanol–water partition coefficient (Wildman–Crippen LogP) is 3.23. The quantitative estimate of drug-likeness (QED) is 0.487. The highest BCUT2D eigenvalue weighted by atomic mass is 35.5. The normalized spacial score (nSPS) is 10.1. The summed E-state index contributed by atoms with van der Waals surface area (Å²) >= 11 is 11.0. The van der Waals surface area contributed by atoms with Crippen LogP contribution in [-0.4, -0.2) is 37.2 Å². The fraction of sp³-hybridized carbons (Fsp3) is 0.211. The van der Waals surface area contributed by atoms with Crippen LogP contribution in [0.4, 0.5) is 5.69 Å². The van der Waals surface area contributed by atoms with Crippen molar-refractivity contribution in [3.63, 3.8) is 0 Å². The number of benzene rings is 2. The Morgan fingerprint density at radius 1 is 1.07 bits per heavy atom. The Balaban J connectivity index is 1.92. The summed E-state index contributed by atoms with van der Waals surface area (Å²) in [6.45, 7) is 1.11. The van der Waals surface area contributed by atoms with Crippen LogP contribution in [0.1, 0.15) is 27.1 Å². The van der Waals surface area contributed by atoms with Crippen molar-refractivity contribution in [1.82, 2.24) is 10.6 Å². The smallest absolute Gasteiger partial charge is 0.257 e. The molecular weight excluding hydrogens is 386 g/mol. The van der Waals surface area contributed by atoms with Gasteiger partial charge < -0.3 is 15.4 Å². The summed E-state index contributed by atoms with van der Waals surface area (Å²) in [6, 6.07) is 13.4. The molecular formula is C19H20ClN3O3S. The molecule has 0 fully saturated rings. The number of halogens is 1. The van der Waals surface area contributed by atoms with Gasteiger partial charge in [0.15, 0.2) is 5.11 Å².